The molecule has 0 fully saturated rings. The van der Waals surface area contributed by atoms with Gasteiger partial charge < -0.3 is 0 Å². The van der Waals surface area contributed by atoms with Gasteiger partial charge in [0.05, 0.1) is 4.90 Å². The first-order chi connectivity index (χ1) is 8.59. The molecule has 3 rings (SSSR count). The average Bonchev–Trinajstić information content (AvgIpc) is 2.81. The Labute approximate surface area is 117 Å². The van der Waals surface area contributed by atoms with E-state index in [9.17, 15) is 8.42 Å². The van der Waals surface area contributed by atoms with Crippen molar-refractivity contribution in [2.75, 3.05) is 10.8 Å². The largest absolute Gasteiger partial charge is 0.266 e. The first-order valence-electron chi connectivity index (χ1n) is 5.30. The molecule has 1 aliphatic rings. The molecule has 0 aliphatic carbocycles. The molecule has 0 N–H and O–H groups in total. The highest BCUT2D eigenvalue weighted by molar-refractivity contribution is 9.10. The van der Waals surface area contributed by atoms with Crippen molar-refractivity contribution in [1.29, 1.82) is 0 Å². The molecule has 0 atom stereocenters. The molecule has 0 radical (unpaired) electrons. The van der Waals surface area contributed by atoms with Crippen molar-refractivity contribution in [3.63, 3.8) is 0 Å². The SMILES string of the molecule is O=S1(=O)c2ccc(Br)cc2CCN1c1nccs1. The molecule has 0 saturated heterocycles. The second-order valence-corrected chi connectivity index (χ2v) is 7.51. The van der Waals surface area contributed by atoms with E-state index in [0.29, 0.717) is 23.0 Å². The van der Waals surface area contributed by atoms with Gasteiger partial charge in [0.25, 0.3) is 10.0 Å². The van der Waals surface area contributed by atoms with Gasteiger partial charge in [-0.15, -0.1) is 11.3 Å². The van der Waals surface area contributed by atoms with Gasteiger partial charge in [0.1, 0.15) is 0 Å². The number of rotatable bonds is 1. The van der Waals surface area contributed by atoms with Crippen LogP contribution in [0.15, 0.2) is 39.1 Å². The van der Waals surface area contributed by atoms with E-state index < -0.39 is 10.0 Å². The summed E-state index contributed by atoms with van der Waals surface area (Å²) in [6.45, 7) is 0.444. The molecule has 0 saturated carbocycles. The van der Waals surface area contributed by atoms with E-state index in [1.54, 1.807) is 23.7 Å². The molecule has 94 valence electrons. The lowest BCUT2D eigenvalue weighted by Gasteiger charge is -2.27. The third kappa shape index (κ3) is 1.86. The molecule has 1 aliphatic heterocycles. The normalized spacial score (nSPS) is 17.5. The van der Waals surface area contributed by atoms with Crippen LogP contribution in [0.3, 0.4) is 0 Å². The Morgan fingerprint density at radius 1 is 1.39 bits per heavy atom. The Morgan fingerprint density at radius 3 is 2.94 bits per heavy atom. The standard InChI is InChI=1S/C11H9BrN2O2S2/c12-9-1-2-10-8(7-9)3-5-14(18(10,15)16)11-13-4-6-17-11/h1-2,4,6-7H,3,5H2. The number of fused-ring (bicyclic) bond motifs is 1. The minimum Gasteiger partial charge on any atom is -0.241 e. The van der Waals surface area contributed by atoms with E-state index >= 15 is 0 Å². The Morgan fingerprint density at radius 2 is 2.22 bits per heavy atom. The lowest BCUT2D eigenvalue weighted by molar-refractivity contribution is 0.584. The van der Waals surface area contributed by atoms with Gasteiger partial charge in [0.2, 0.25) is 0 Å². The maximum Gasteiger partial charge on any atom is 0.266 e. The summed E-state index contributed by atoms with van der Waals surface area (Å²) in [7, 11) is -3.46. The van der Waals surface area contributed by atoms with Crippen molar-refractivity contribution >= 4 is 42.4 Å². The van der Waals surface area contributed by atoms with E-state index in [-0.39, 0.29) is 0 Å². The molecule has 2 aromatic rings. The van der Waals surface area contributed by atoms with Gasteiger partial charge in [-0.2, -0.15) is 0 Å². The molecule has 2 heterocycles. The van der Waals surface area contributed by atoms with Crippen LogP contribution in [0.25, 0.3) is 0 Å². The highest BCUT2D eigenvalue weighted by atomic mass is 79.9. The molecule has 0 bridgehead atoms. The molecular weight excluding hydrogens is 336 g/mol. The Bertz CT molecular complexity index is 683. The molecule has 4 nitrogen and oxygen atoms in total. The Hall–Kier alpha value is -0.920. The van der Waals surface area contributed by atoms with Gasteiger partial charge >= 0.3 is 0 Å². The molecule has 0 spiro atoms. The zero-order valence-corrected chi connectivity index (χ0v) is 12.4. The fraction of sp³-hybridized carbons (Fsp3) is 0.182. The smallest absolute Gasteiger partial charge is 0.241 e. The summed E-state index contributed by atoms with van der Waals surface area (Å²) in [6.07, 6.45) is 2.32. The first-order valence-corrected chi connectivity index (χ1v) is 8.41. The zero-order valence-electron chi connectivity index (χ0n) is 9.21. The van der Waals surface area contributed by atoms with Crippen LogP contribution < -0.4 is 4.31 Å². The van der Waals surface area contributed by atoms with Crippen molar-refractivity contribution in [3.05, 3.63) is 39.8 Å². The predicted molar refractivity (Wildman–Crippen MR) is 74.5 cm³/mol. The highest BCUT2D eigenvalue weighted by Crippen LogP contribution is 2.32. The van der Waals surface area contributed by atoms with E-state index in [4.69, 9.17) is 0 Å². The number of sulfonamides is 1. The second-order valence-electron chi connectivity index (χ2n) is 3.89. The fourth-order valence-electron chi connectivity index (χ4n) is 1.99. The van der Waals surface area contributed by atoms with Crippen LogP contribution in [0.5, 0.6) is 0 Å². The zero-order chi connectivity index (χ0) is 12.8. The summed E-state index contributed by atoms with van der Waals surface area (Å²) >= 11 is 4.70. The van der Waals surface area contributed by atoms with Gasteiger partial charge in [0.15, 0.2) is 5.13 Å². The number of anilines is 1. The summed E-state index contributed by atoms with van der Waals surface area (Å²) in [4.78, 5) is 4.46. The molecule has 0 unspecified atom stereocenters. The minimum absolute atomic E-state index is 0.382. The molecule has 1 aromatic heterocycles. The van der Waals surface area contributed by atoms with Gasteiger partial charge in [-0.25, -0.2) is 17.7 Å². The number of thiazole rings is 1. The topological polar surface area (TPSA) is 50.3 Å². The predicted octanol–water partition coefficient (Wildman–Crippen LogP) is 2.66. The van der Waals surface area contributed by atoms with Crippen LogP contribution in [-0.4, -0.2) is 19.9 Å². The summed E-state index contributed by atoms with van der Waals surface area (Å²) in [5.74, 6) is 0. The number of hydrogen-bond acceptors (Lipinski definition) is 4. The second kappa shape index (κ2) is 4.32. The summed E-state index contributed by atoms with van der Waals surface area (Å²) in [5.41, 5.74) is 0.859. The van der Waals surface area contributed by atoms with Gasteiger partial charge in [-0.3, -0.25) is 0 Å². The van der Waals surface area contributed by atoms with Gasteiger partial charge in [-0.1, -0.05) is 15.9 Å². The Balaban J connectivity index is 2.14. The first kappa shape index (κ1) is 12.1. The van der Waals surface area contributed by atoms with Gasteiger partial charge in [0, 0.05) is 22.6 Å². The Kier molecular flexibility index (Phi) is 2.91. The number of aromatic nitrogens is 1. The number of nitrogens with zero attached hydrogens (tertiary/aromatic N) is 2. The number of halogens is 1. The third-order valence-corrected chi connectivity index (χ3v) is 6.10. The number of hydrogen-bond donors (Lipinski definition) is 0. The van der Waals surface area contributed by atoms with E-state index in [1.807, 2.05) is 6.07 Å². The minimum atomic E-state index is -3.46. The quantitative estimate of drug-likeness (QED) is 0.798. The van der Waals surface area contributed by atoms with Crippen LogP contribution >= 0.6 is 27.3 Å². The van der Waals surface area contributed by atoms with Crippen molar-refractivity contribution in [2.24, 2.45) is 0 Å². The van der Waals surface area contributed by atoms with Crippen LogP contribution in [-0.2, 0) is 16.4 Å². The average molecular weight is 345 g/mol. The molecular formula is C11H9BrN2O2S2. The van der Waals surface area contributed by atoms with E-state index in [1.165, 1.54) is 15.6 Å². The molecule has 1 aromatic carbocycles. The lowest BCUT2D eigenvalue weighted by Crippen LogP contribution is -2.37. The van der Waals surface area contributed by atoms with Gasteiger partial charge in [-0.05, 0) is 30.2 Å². The van der Waals surface area contributed by atoms with Crippen LogP contribution in [0, 0.1) is 0 Å². The molecule has 0 amide bonds. The van der Waals surface area contributed by atoms with Crippen LogP contribution in [0.4, 0.5) is 5.13 Å². The summed E-state index contributed by atoms with van der Waals surface area (Å²) in [5, 5.41) is 2.31. The maximum atomic E-state index is 12.5. The third-order valence-electron chi connectivity index (χ3n) is 2.81. The van der Waals surface area contributed by atoms with Crippen molar-refractivity contribution in [3.8, 4) is 0 Å². The van der Waals surface area contributed by atoms with Crippen molar-refractivity contribution < 1.29 is 8.42 Å². The van der Waals surface area contributed by atoms with Crippen LogP contribution in [0.1, 0.15) is 5.56 Å². The molecule has 7 heteroatoms. The fourth-order valence-corrected chi connectivity index (χ4v) is 4.95. The van der Waals surface area contributed by atoms with Crippen LogP contribution in [0.2, 0.25) is 0 Å². The molecule has 18 heavy (non-hydrogen) atoms. The maximum absolute atomic E-state index is 12.5. The lowest BCUT2D eigenvalue weighted by atomic mass is 10.1. The van der Waals surface area contributed by atoms with Crippen molar-refractivity contribution in [1.82, 2.24) is 4.98 Å². The van der Waals surface area contributed by atoms with Crippen molar-refractivity contribution in [2.45, 2.75) is 11.3 Å². The highest BCUT2D eigenvalue weighted by Gasteiger charge is 2.32. The summed E-state index contributed by atoms with van der Waals surface area (Å²) < 4.78 is 27.3. The van der Waals surface area contributed by atoms with E-state index in [2.05, 4.69) is 20.9 Å². The summed E-state index contributed by atoms with van der Waals surface area (Å²) in [6, 6.07) is 5.27. The van der Waals surface area contributed by atoms with E-state index in [0.717, 1.165) is 10.0 Å². The number of benzene rings is 1. The monoisotopic (exact) mass is 344 g/mol.